The number of ether oxygens (including phenoxy) is 1. The zero-order valence-electron chi connectivity index (χ0n) is 15.1. The van der Waals surface area contributed by atoms with Gasteiger partial charge in [-0.2, -0.15) is 0 Å². The van der Waals surface area contributed by atoms with Crippen LogP contribution in [0.4, 0.5) is 0 Å². The Morgan fingerprint density at radius 3 is 2.50 bits per heavy atom. The Bertz CT molecular complexity index is 1330. The summed E-state index contributed by atoms with van der Waals surface area (Å²) in [5, 5.41) is 2.27. The number of thiazole rings is 1. The molecule has 4 rings (SSSR count). The van der Waals surface area contributed by atoms with Crippen LogP contribution in [0.2, 0.25) is 0 Å². The Hall–Kier alpha value is -3.44. The fourth-order valence-electron chi connectivity index (χ4n) is 2.93. The number of carbonyl (C=O) groups is 1. The number of carbonyl (C=O) groups excluding carboxylic acids is 1. The van der Waals surface area contributed by atoms with Crippen molar-refractivity contribution in [1.29, 1.82) is 0 Å². The van der Waals surface area contributed by atoms with Crippen molar-refractivity contribution >= 4 is 40.0 Å². The maximum Gasteiger partial charge on any atom is 0.266 e. The summed E-state index contributed by atoms with van der Waals surface area (Å²) in [6.07, 6.45) is 3.29. The average Bonchev–Trinajstić information content (AvgIpc) is 3.06. The molecule has 4 nitrogen and oxygen atoms in total. The molecule has 4 aromatic rings. The number of aromatic nitrogens is 1. The van der Waals surface area contributed by atoms with Crippen molar-refractivity contribution in [3.8, 4) is 5.75 Å². The average molecular weight is 387 g/mol. The lowest BCUT2D eigenvalue weighted by Gasteiger charge is -1.99. The van der Waals surface area contributed by atoms with Gasteiger partial charge in [0.15, 0.2) is 5.78 Å². The topological polar surface area (TPSA) is 59.2 Å². The van der Waals surface area contributed by atoms with Crippen LogP contribution >= 0.6 is 11.3 Å². The van der Waals surface area contributed by atoms with Gasteiger partial charge in [0.1, 0.15) is 5.75 Å². The first-order chi connectivity index (χ1) is 13.6. The maximum atomic E-state index is 12.4. The van der Waals surface area contributed by atoms with Crippen molar-refractivity contribution in [3.05, 3.63) is 97.4 Å². The summed E-state index contributed by atoms with van der Waals surface area (Å²) >= 11 is 1.27. The number of aromatic amines is 1. The molecule has 0 amide bonds. The zero-order valence-corrected chi connectivity index (χ0v) is 16.0. The van der Waals surface area contributed by atoms with Crippen LogP contribution in [-0.4, -0.2) is 17.9 Å². The van der Waals surface area contributed by atoms with Crippen molar-refractivity contribution in [3.63, 3.8) is 0 Å². The van der Waals surface area contributed by atoms with Gasteiger partial charge in [0.25, 0.3) is 5.56 Å². The van der Waals surface area contributed by atoms with Crippen molar-refractivity contribution in [2.24, 2.45) is 0 Å². The summed E-state index contributed by atoms with van der Waals surface area (Å²) in [7, 11) is 1.58. The third kappa shape index (κ3) is 3.80. The van der Waals surface area contributed by atoms with Crippen molar-refractivity contribution in [2.75, 3.05) is 7.11 Å². The standard InChI is InChI=1S/C23H17NO3S/c1-27-19-10-8-17(9-11-19)20(25)14-22-24-23(26)21(28-22)13-15-6-7-16-4-2-3-5-18(16)12-15/h2-14H,1H3,(H,24,26)/b21-13-,22-14-. The number of hydrogen-bond donors (Lipinski definition) is 1. The number of H-pyrrole nitrogens is 1. The molecule has 0 aliphatic rings. The van der Waals surface area contributed by atoms with E-state index in [0.717, 1.165) is 16.3 Å². The first-order valence-electron chi connectivity index (χ1n) is 8.72. The molecule has 5 heteroatoms. The van der Waals surface area contributed by atoms with Crippen LogP contribution in [0.25, 0.3) is 22.9 Å². The maximum absolute atomic E-state index is 12.4. The highest BCUT2D eigenvalue weighted by Crippen LogP contribution is 2.16. The van der Waals surface area contributed by atoms with Gasteiger partial charge < -0.3 is 9.72 Å². The van der Waals surface area contributed by atoms with Crippen LogP contribution in [0.1, 0.15) is 15.9 Å². The largest absolute Gasteiger partial charge is 0.497 e. The van der Waals surface area contributed by atoms with Gasteiger partial charge in [0.05, 0.1) is 16.3 Å². The number of fused-ring (bicyclic) bond motifs is 1. The fourth-order valence-corrected chi connectivity index (χ4v) is 3.82. The Morgan fingerprint density at radius 2 is 1.75 bits per heavy atom. The van der Waals surface area contributed by atoms with E-state index in [0.29, 0.717) is 20.5 Å². The van der Waals surface area contributed by atoms with E-state index >= 15 is 0 Å². The number of nitrogens with one attached hydrogen (secondary N) is 1. The molecule has 1 aromatic heterocycles. The molecule has 138 valence electrons. The van der Waals surface area contributed by atoms with Crippen LogP contribution in [0, 0.1) is 0 Å². The molecule has 0 atom stereocenters. The van der Waals surface area contributed by atoms with E-state index in [9.17, 15) is 9.59 Å². The number of benzene rings is 3. The summed E-state index contributed by atoms with van der Waals surface area (Å²) in [4.78, 5) is 27.5. The number of Topliss-reactive ketones (excluding diaryl/α,β-unsaturated/α-hetero) is 1. The van der Waals surface area contributed by atoms with E-state index < -0.39 is 0 Å². The van der Waals surface area contributed by atoms with Gasteiger partial charge in [-0.1, -0.05) is 36.4 Å². The SMILES string of the molecule is COc1ccc(C(=O)/C=c2/[nH]c(=O)/c(=C/c3ccc4ccccc4c3)s2)cc1. The molecule has 0 radical (unpaired) electrons. The third-order valence-electron chi connectivity index (χ3n) is 4.39. The van der Waals surface area contributed by atoms with Crippen LogP contribution in [0.15, 0.2) is 71.5 Å². The highest BCUT2D eigenvalue weighted by Gasteiger charge is 2.04. The van der Waals surface area contributed by atoms with Crippen LogP contribution in [0.5, 0.6) is 5.75 Å². The van der Waals surface area contributed by atoms with E-state index in [-0.39, 0.29) is 11.3 Å². The monoisotopic (exact) mass is 387 g/mol. The molecule has 0 aliphatic carbocycles. The first-order valence-corrected chi connectivity index (χ1v) is 9.54. The van der Waals surface area contributed by atoms with Gasteiger partial charge in [-0.25, -0.2) is 0 Å². The Morgan fingerprint density at radius 1 is 1.00 bits per heavy atom. The van der Waals surface area contributed by atoms with E-state index in [1.54, 1.807) is 31.4 Å². The lowest BCUT2D eigenvalue weighted by atomic mass is 10.1. The van der Waals surface area contributed by atoms with Gasteiger partial charge in [-0.05, 0) is 52.7 Å². The number of methoxy groups -OCH3 is 1. The lowest BCUT2D eigenvalue weighted by molar-refractivity contribution is 0.106. The fraction of sp³-hybridized carbons (Fsp3) is 0.0435. The molecule has 1 N–H and O–H groups in total. The molecule has 0 spiro atoms. The molecule has 3 aromatic carbocycles. The van der Waals surface area contributed by atoms with E-state index in [4.69, 9.17) is 4.74 Å². The zero-order chi connectivity index (χ0) is 19.5. The second-order valence-electron chi connectivity index (χ2n) is 6.27. The molecule has 1 heterocycles. The molecule has 0 fully saturated rings. The lowest BCUT2D eigenvalue weighted by Crippen LogP contribution is -2.20. The Labute approximate surface area is 165 Å². The summed E-state index contributed by atoms with van der Waals surface area (Å²) < 4.78 is 6.18. The van der Waals surface area contributed by atoms with Gasteiger partial charge in [0, 0.05) is 11.6 Å². The summed E-state index contributed by atoms with van der Waals surface area (Å²) in [6, 6.07) is 21.0. The van der Waals surface area contributed by atoms with Gasteiger partial charge in [-0.3, -0.25) is 9.59 Å². The highest BCUT2D eigenvalue weighted by molar-refractivity contribution is 7.07. The molecule has 0 aliphatic heterocycles. The molecule has 0 saturated heterocycles. The van der Waals surface area contributed by atoms with E-state index in [2.05, 4.69) is 11.1 Å². The van der Waals surface area contributed by atoms with Gasteiger partial charge in [-0.15, -0.1) is 11.3 Å². The minimum absolute atomic E-state index is 0.169. The van der Waals surface area contributed by atoms with Crippen molar-refractivity contribution in [2.45, 2.75) is 0 Å². The minimum Gasteiger partial charge on any atom is -0.497 e. The normalized spacial score (nSPS) is 12.5. The third-order valence-corrected chi connectivity index (χ3v) is 5.35. The molecule has 0 bridgehead atoms. The highest BCUT2D eigenvalue weighted by atomic mass is 32.1. The summed E-state index contributed by atoms with van der Waals surface area (Å²) in [5.41, 5.74) is 1.28. The summed E-state index contributed by atoms with van der Waals surface area (Å²) in [5.74, 6) is 0.519. The molecular formula is C23H17NO3S. The molecule has 0 unspecified atom stereocenters. The first kappa shape index (κ1) is 17.9. The summed E-state index contributed by atoms with van der Waals surface area (Å²) in [6.45, 7) is 0. The molecule has 28 heavy (non-hydrogen) atoms. The van der Waals surface area contributed by atoms with Crippen molar-refractivity contribution < 1.29 is 9.53 Å². The quantitative estimate of drug-likeness (QED) is 0.548. The number of ketones is 1. The van der Waals surface area contributed by atoms with Gasteiger partial charge >= 0.3 is 0 Å². The predicted octanol–water partition coefficient (Wildman–Crippen LogP) is 3.09. The van der Waals surface area contributed by atoms with Crippen LogP contribution in [-0.2, 0) is 0 Å². The molecular weight excluding hydrogens is 370 g/mol. The van der Waals surface area contributed by atoms with E-state index in [1.165, 1.54) is 17.4 Å². The smallest absolute Gasteiger partial charge is 0.266 e. The second-order valence-corrected chi connectivity index (χ2v) is 7.36. The van der Waals surface area contributed by atoms with Crippen LogP contribution in [0.3, 0.4) is 0 Å². The Balaban J connectivity index is 1.68. The number of hydrogen-bond acceptors (Lipinski definition) is 4. The van der Waals surface area contributed by atoms with E-state index in [1.807, 2.05) is 42.5 Å². The predicted molar refractivity (Wildman–Crippen MR) is 113 cm³/mol. The minimum atomic E-state index is -0.202. The second kappa shape index (κ2) is 7.66. The van der Waals surface area contributed by atoms with Gasteiger partial charge in [0.2, 0.25) is 0 Å². The van der Waals surface area contributed by atoms with Crippen LogP contribution < -0.4 is 19.5 Å². The van der Waals surface area contributed by atoms with Crippen molar-refractivity contribution in [1.82, 2.24) is 4.98 Å². The molecule has 0 saturated carbocycles. The Kier molecular flexibility index (Phi) is 4.91. The number of rotatable bonds is 4.